The van der Waals surface area contributed by atoms with E-state index in [0.29, 0.717) is 13.1 Å². The molecular weight excluding hydrogens is 280 g/mol. The van der Waals surface area contributed by atoms with Gasteiger partial charge in [-0.05, 0) is 40.0 Å². The summed E-state index contributed by atoms with van der Waals surface area (Å²) in [7, 11) is 0. The molecule has 0 unspecified atom stereocenters. The molecule has 1 atom stereocenters. The summed E-state index contributed by atoms with van der Waals surface area (Å²) >= 11 is 0. The van der Waals surface area contributed by atoms with Crippen molar-refractivity contribution in [3.05, 3.63) is 0 Å². The first kappa shape index (κ1) is 17.1. The maximum Gasteiger partial charge on any atom is 0.410 e. The van der Waals surface area contributed by atoms with E-state index in [2.05, 4.69) is 12.2 Å². The lowest BCUT2D eigenvalue weighted by Crippen LogP contribution is -2.47. The summed E-state index contributed by atoms with van der Waals surface area (Å²) in [4.78, 5) is 26.1. The lowest BCUT2D eigenvalue weighted by atomic mass is 9.69. The molecule has 0 aromatic heterocycles. The van der Waals surface area contributed by atoms with E-state index in [1.165, 1.54) is 0 Å². The quantitative estimate of drug-likeness (QED) is 0.872. The molecule has 0 radical (unpaired) electrons. The van der Waals surface area contributed by atoms with E-state index in [1.807, 2.05) is 20.8 Å². The second-order valence-corrected chi connectivity index (χ2v) is 7.74. The van der Waals surface area contributed by atoms with E-state index in [-0.39, 0.29) is 23.3 Å². The number of nitrogens with zero attached hydrogens (tertiary/aromatic N) is 1. The highest BCUT2D eigenvalue weighted by molar-refractivity contribution is 5.82. The van der Waals surface area contributed by atoms with Crippen molar-refractivity contribution in [3.63, 3.8) is 0 Å². The normalized spacial score (nSPS) is 24.5. The molecular formula is C17H30N2O3. The molecule has 126 valence electrons. The monoisotopic (exact) mass is 310 g/mol. The van der Waals surface area contributed by atoms with E-state index in [4.69, 9.17) is 4.74 Å². The highest BCUT2D eigenvalue weighted by Gasteiger charge is 2.49. The van der Waals surface area contributed by atoms with E-state index in [9.17, 15) is 9.59 Å². The number of rotatable bonds is 3. The Morgan fingerprint density at radius 3 is 2.55 bits per heavy atom. The van der Waals surface area contributed by atoms with Crippen molar-refractivity contribution in [2.24, 2.45) is 11.3 Å². The Morgan fingerprint density at radius 2 is 2.00 bits per heavy atom. The van der Waals surface area contributed by atoms with Gasteiger partial charge in [0.05, 0.1) is 0 Å². The highest BCUT2D eigenvalue weighted by Crippen LogP contribution is 2.44. The van der Waals surface area contributed by atoms with Crippen LogP contribution < -0.4 is 5.32 Å². The molecule has 22 heavy (non-hydrogen) atoms. The van der Waals surface area contributed by atoms with Crippen LogP contribution in [-0.2, 0) is 9.53 Å². The summed E-state index contributed by atoms with van der Waals surface area (Å²) in [6.45, 7) is 9.95. The summed E-state index contributed by atoms with van der Waals surface area (Å²) < 4.78 is 5.45. The largest absolute Gasteiger partial charge is 0.444 e. The van der Waals surface area contributed by atoms with Gasteiger partial charge in [0.1, 0.15) is 5.60 Å². The number of nitrogens with one attached hydrogen (secondary N) is 1. The zero-order valence-corrected chi connectivity index (χ0v) is 14.4. The first-order valence-electron chi connectivity index (χ1n) is 8.53. The molecule has 2 rings (SSSR count). The van der Waals surface area contributed by atoms with Gasteiger partial charge >= 0.3 is 6.09 Å². The molecule has 2 saturated heterocycles. The van der Waals surface area contributed by atoms with Gasteiger partial charge in [0.25, 0.3) is 0 Å². The van der Waals surface area contributed by atoms with Gasteiger partial charge in [0, 0.05) is 31.0 Å². The van der Waals surface area contributed by atoms with E-state index < -0.39 is 5.60 Å². The molecule has 0 bridgehead atoms. The summed E-state index contributed by atoms with van der Waals surface area (Å²) in [5, 5.41) is 3.05. The number of likely N-dealkylation sites (tertiary alicyclic amines) is 1. The van der Waals surface area contributed by atoms with Crippen molar-refractivity contribution in [2.45, 2.75) is 65.4 Å². The van der Waals surface area contributed by atoms with Crippen LogP contribution in [0.25, 0.3) is 0 Å². The standard InChI is InChI=1S/C17H30N2O3/c1-5-6-7-13-14(20)18-12-17(13)8-10-19(11-9-17)15(21)22-16(2,3)4/h13H,5-12H2,1-4H3,(H,18,20)/t13-/m0/s1. The highest BCUT2D eigenvalue weighted by atomic mass is 16.6. The van der Waals surface area contributed by atoms with E-state index >= 15 is 0 Å². The van der Waals surface area contributed by atoms with Crippen molar-refractivity contribution in [3.8, 4) is 0 Å². The van der Waals surface area contributed by atoms with Crippen LogP contribution in [0.5, 0.6) is 0 Å². The van der Waals surface area contributed by atoms with Gasteiger partial charge < -0.3 is 15.0 Å². The molecule has 0 aromatic carbocycles. The van der Waals surface area contributed by atoms with Gasteiger partial charge in [-0.15, -0.1) is 0 Å². The second-order valence-electron chi connectivity index (χ2n) is 7.74. The van der Waals surface area contributed by atoms with Crippen molar-refractivity contribution in [1.82, 2.24) is 10.2 Å². The molecule has 2 fully saturated rings. The first-order chi connectivity index (χ1) is 10.3. The number of unbranched alkanes of at least 4 members (excludes halogenated alkanes) is 1. The van der Waals surface area contributed by atoms with Gasteiger partial charge in [-0.2, -0.15) is 0 Å². The predicted octanol–water partition coefficient (Wildman–Crippen LogP) is 2.94. The number of ether oxygens (including phenoxy) is 1. The fourth-order valence-electron chi connectivity index (χ4n) is 3.62. The minimum atomic E-state index is -0.458. The third kappa shape index (κ3) is 3.73. The third-order valence-electron chi connectivity index (χ3n) is 4.93. The number of carbonyl (C=O) groups excluding carboxylic acids is 2. The smallest absolute Gasteiger partial charge is 0.410 e. The SMILES string of the molecule is CCCC[C@H]1C(=O)NCC12CCN(C(=O)OC(C)(C)C)CC2. The molecule has 0 aromatic rings. The molecule has 5 heteroatoms. The van der Waals surface area contributed by atoms with Gasteiger partial charge in [-0.3, -0.25) is 4.79 Å². The molecule has 2 aliphatic heterocycles. The van der Waals surface area contributed by atoms with Crippen LogP contribution in [0.2, 0.25) is 0 Å². The summed E-state index contributed by atoms with van der Waals surface area (Å²) in [6.07, 6.45) is 4.72. The maximum atomic E-state index is 12.2. The molecule has 1 spiro atoms. The van der Waals surface area contributed by atoms with E-state index in [0.717, 1.165) is 38.6 Å². The molecule has 1 N–H and O–H groups in total. The fourth-order valence-corrected chi connectivity index (χ4v) is 3.62. The Hall–Kier alpha value is -1.26. The fraction of sp³-hybridized carbons (Fsp3) is 0.882. The predicted molar refractivity (Wildman–Crippen MR) is 85.5 cm³/mol. The Balaban J connectivity index is 1.95. The molecule has 5 nitrogen and oxygen atoms in total. The Kier molecular flexibility index (Phi) is 5.03. The third-order valence-corrected chi connectivity index (χ3v) is 4.93. The van der Waals surface area contributed by atoms with E-state index in [1.54, 1.807) is 4.90 Å². The molecule has 2 amide bonds. The lowest BCUT2D eigenvalue weighted by Gasteiger charge is -2.41. The van der Waals surface area contributed by atoms with Crippen LogP contribution in [0, 0.1) is 11.3 Å². The average molecular weight is 310 g/mol. The van der Waals surface area contributed by atoms with Gasteiger partial charge in [-0.25, -0.2) is 4.79 Å². The number of hydrogen-bond acceptors (Lipinski definition) is 3. The van der Waals surface area contributed by atoms with Crippen LogP contribution in [-0.4, -0.2) is 42.1 Å². The zero-order valence-electron chi connectivity index (χ0n) is 14.4. The second kappa shape index (κ2) is 6.47. The van der Waals surface area contributed by atoms with Crippen molar-refractivity contribution < 1.29 is 14.3 Å². The Bertz CT molecular complexity index is 420. The number of carbonyl (C=O) groups is 2. The minimum Gasteiger partial charge on any atom is -0.444 e. The maximum absolute atomic E-state index is 12.2. The van der Waals surface area contributed by atoms with Crippen LogP contribution >= 0.6 is 0 Å². The van der Waals surface area contributed by atoms with Crippen molar-refractivity contribution in [2.75, 3.05) is 19.6 Å². The summed E-state index contributed by atoms with van der Waals surface area (Å²) in [5.41, 5.74) is -0.411. The Labute approximate surface area is 133 Å². The summed E-state index contributed by atoms with van der Waals surface area (Å²) in [6, 6.07) is 0. The van der Waals surface area contributed by atoms with Crippen molar-refractivity contribution >= 4 is 12.0 Å². The molecule has 0 saturated carbocycles. The first-order valence-corrected chi connectivity index (χ1v) is 8.53. The minimum absolute atomic E-state index is 0.0464. The van der Waals surface area contributed by atoms with Crippen LogP contribution in [0.3, 0.4) is 0 Å². The van der Waals surface area contributed by atoms with Crippen molar-refractivity contribution in [1.29, 1.82) is 0 Å². The molecule has 0 aliphatic carbocycles. The molecule has 2 heterocycles. The van der Waals surface area contributed by atoms with Crippen LogP contribution in [0.4, 0.5) is 4.79 Å². The average Bonchev–Trinajstić information content (AvgIpc) is 2.72. The zero-order chi connectivity index (χ0) is 16.4. The number of hydrogen-bond donors (Lipinski definition) is 1. The lowest BCUT2D eigenvalue weighted by molar-refractivity contribution is -0.124. The topological polar surface area (TPSA) is 58.6 Å². The number of amides is 2. The Morgan fingerprint density at radius 1 is 1.36 bits per heavy atom. The number of piperidine rings is 1. The van der Waals surface area contributed by atoms with Crippen LogP contribution in [0.1, 0.15) is 59.8 Å². The van der Waals surface area contributed by atoms with Crippen LogP contribution in [0.15, 0.2) is 0 Å². The summed E-state index contributed by atoms with van der Waals surface area (Å²) in [5.74, 6) is 0.326. The van der Waals surface area contributed by atoms with Gasteiger partial charge in [0.2, 0.25) is 5.91 Å². The van der Waals surface area contributed by atoms with Gasteiger partial charge in [-0.1, -0.05) is 19.8 Å². The molecule has 2 aliphatic rings. The van der Waals surface area contributed by atoms with Gasteiger partial charge in [0.15, 0.2) is 0 Å².